The van der Waals surface area contributed by atoms with Crippen LogP contribution in [0.1, 0.15) is 16.8 Å². The molecule has 0 aliphatic heterocycles. The molecule has 0 radical (unpaired) electrons. The molecule has 3 nitrogen and oxygen atoms in total. The molecule has 0 saturated carbocycles. The van der Waals surface area contributed by atoms with Gasteiger partial charge in [-0.3, -0.25) is 9.36 Å². The molecule has 1 aromatic heterocycles. The molecule has 0 atom stereocenters. The van der Waals surface area contributed by atoms with Crippen molar-refractivity contribution in [2.24, 2.45) is 0 Å². The van der Waals surface area contributed by atoms with Crippen molar-refractivity contribution in [3.05, 3.63) is 62.5 Å². The van der Waals surface area contributed by atoms with Crippen LogP contribution in [0.15, 0.2) is 35.1 Å². The number of aromatic nitrogens is 1. The van der Waals surface area contributed by atoms with Gasteiger partial charge in [0.25, 0.3) is 5.56 Å². The van der Waals surface area contributed by atoms with Crippen LogP contribution in [0, 0.1) is 25.2 Å². The number of aryl methyl sites for hydroxylation is 2. The molecule has 4 heteroatoms. The predicted molar refractivity (Wildman–Crippen MR) is 71.2 cm³/mol. The Kier molecular flexibility index (Phi) is 3.22. The van der Waals surface area contributed by atoms with E-state index in [4.69, 9.17) is 16.9 Å². The van der Waals surface area contributed by atoms with E-state index in [0.717, 1.165) is 16.9 Å². The molecule has 0 fully saturated rings. The number of rotatable bonds is 1. The lowest BCUT2D eigenvalue weighted by molar-refractivity contribution is 0.919. The van der Waals surface area contributed by atoms with E-state index < -0.39 is 0 Å². The summed E-state index contributed by atoms with van der Waals surface area (Å²) in [5.74, 6) is 0. The first kappa shape index (κ1) is 12.4. The van der Waals surface area contributed by atoms with Gasteiger partial charge in [0.15, 0.2) is 0 Å². The Morgan fingerprint density at radius 3 is 2.56 bits per heavy atom. The Balaban J connectivity index is 2.79. The van der Waals surface area contributed by atoms with E-state index in [1.165, 1.54) is 4.57 Å². The highest BCUT2D eigenvalue weighted by Crippen LogP contribution is 2.19. The normalized spacial score (nSPS) is 10.1. The first-order valence-electron chi connectivity index (χ1n) is 5.44. The van der Waals surface area contributed by atoms with Crippen LogP contribution in [0.5, 0.6) is 0 Å². The van der Waals surface area contributed by atoms with E-state index in [1.54, 1.807) is 30.3 Å². The van der Waals surface area contributed by atoms with Crippen molar-refractivity contribution in [3.8, 4) is 11.8 Å². The molecule has 2 aromatic rings. The first-order valence-corrected chi connectivity index (χ1v) is 5.81. The lowest BCUT2D eigenvalue weighted by Crippen LogP contribution is -2.23. The van der Waals surface area contributed by atoms with Gasteiger partial charge < -0.3 is 0 Å². The SMILES string of the molecule is Cc1cc(Cl)ccc1-n1c(C)ccc(C#N)c1=O. The van der Waals surface area contributed by atoms with E-state index in [0.29, 0.717) is 5.02 Å². The maximum absolute atomic E-state index is 12.2. The molecule has 0 saturated heterocycles. The number of benzene rings is 1. The number of halogens is 1. The standard InChI is InChI=1S/C14H11ClN2O/c1-9-7-12(15)5-6-13(9)17-10(2)3-4-11(8-16)14(17)18/h3-7H,1-2H3. The molecule has 0 N–H and O–H groups in total. The highest BCUT2D eigenvalue weighted by atomic mass is 35.5. The molecule has 0 unspecified atom stereocenters. The van der Waals surface area contributed by atoms with Crippen LogP contribution in [0.2, 0.25) is 5.02 Å². The van der Waals surface area contributed by atoms with E-state index in [2.05, 4.69) is 0 Å². The number of pyridine rings is 1. The molecule has 0 bridgehead atoms. The van der Waals surface area contributed by atoms with Crippen LogP contribution in [0.4, 0.5) is 0 Å². The van der Waals surface area contributed by atoms with E-state index in [-0.39, 0.29) is 11.1 Å². The van der Waals surface area contributed by atoms with Gasteiger partial charge in [0.05, 0.1) is 5.69 Å². The molecular formula is C14H11ClN2O. The summed E-state index contributed by atoms with van der Waals surface area (Å²) in [4.78, 5) is 12.2. The summed E-state index contributed by atoms with van der Waals surface area (Å²) < 4.78 is 1.53. The van der Waals surface area contributed by atoms with Crippen LogP contribution in [0.25, 0.3) is 5.69 Å². The maximum Gasteiger partial charge on any atom is 0.273 e. The minimum Gasteiger partial charge on any atom is -0.280 e. The minimum atomic E-state index is -0.303. The third kappa shape index (κ3) is 2.03. The van der Waals surface area contributed by atoms with Crippen LogP contribution in [-0.4, -0.2) is 4.57 Å². The van der Waals surface area contributed by atoms with Crippen molar-refractivity contribution in [1.29, 1.82) is 5.26 Å². The molecule has 1 heterocycles. The Bertz CT molecular complexity index is 711. The largest absolute Gasteiger partial charge is 0.280 e. The molecule has 0 aliphatic carbocycles. The molecule has 0 aliphatic rings. The van der Waals surface area contributed by atoms with Crippen molar-refractivity contribution in [2.45, 2.75) is 13.8 Å². The second kappa shape index (κ2) is 4.67. The lowest BCUT2D eigenvalue weighted by Gasteiger charge is -2.13. The zero-order valence-corrected chi connectivity index (χ0v) is 10.8. The van der Waals surface area contributed by atoms with Gasteiger partial charge in [-0.25, -0.2) is 0 Å². The summed E-state index contributed by atoms with van der Waals surface area (Å²) in [6.45, 7) is 3.71. The summed E-state index contributed by atoms with van der Waals surface area (Å²) in [6.07, 6.45) is 0. The number of nitriles is 1. The van der Waals surface area contributed by atoms with Crippen molar-refractivity contribution in [3.63, 3.8) is 0 Å². The zero-order valence-electron chi connectivity index (χ0n) is 10.1. The molecule has 1 aromatic carbocycles. The average Bonchev–Trinajstić information content (AvgIpc) is 2.32. The Hall–Kier alpha value is -2.05. The van der Waals surface area contributed by atoms with Gasteiger partial charge in [-0.05, 0) is 49.7 Å². The molecular weight excluding hydrogens is 248 g/mol. The number of hydrogen-bond acceptors (Lipinski definition) is 2. The van der Waals surface area contributed by atoms with Gasteiger partial charge in [0.2, 0.25) is 0 Å². The summed E-state index contributed by atoms with van der Waals surface area (Å²) in [6, 6.07) is 10.5. The maximum atomic E-state index is 12.2. The fraction of sp³-hybridized carbons (Fsp3) is 0.143. The Morgan fingerprint density at radius 2 is 1.94 bits per heavy atom. The van der Waals surface area contributed by atoms with E-state index in [9.17, 15) is 4.79 Å². The van der Waals surface area contributed by atoms with Crippen LogP contribution in [0.3, 0.4) is 0 Å². The third-order valence-corrected chi connectivity index (χ3v) is 3.03. The van der Waals surface area contributed by atoms with E-state index in [1.807, 2.05) is 19.9 Å². The summed E-state index contributed by atoms with van der Waals surface area (Å²) in [5, 5.41) is 9.53. The van der Waals surface area contributed by atoms with Crippen LogP contribution < -0.4 is 5.56 Å². The van der Waals surface area contributed by atoms with Crippen molar-refractivity contribution >= 4 is 11.6 Å². The Labute approximate surface area is 110 Å². The molecule has 18 heavy (non-hydrogen) atoms. The van der Waals surface area contributed by atoms with Crippen molar-refractivity contribution in [1.82, 2.24) is 4.57 Å². The van der Waals surface area contributed by atoms with Gasteiger partial charge >= 0.3 is 0 Å². The number of hydrogen-bond donors (Lipinski definition) is 0. The van der Waals surface area contributed by atoms with Gasteiger partial charge in [-0.15, -0.1) is 0 Å². The van der Waals surface area contributed by atoms with Gasteiger partial charge in [-0.2, -0.15) is 5.26 Å². The number of nitrogens with zero attached hydrogens (tertiary/aromatic N) is 2. The molecule has 0 spiro atoms. The summed E-state index contributed by atoms with van der Waals surface area (Å²) in [7, 11) is 0. The zero-order chi connectivity index (χ0) is 13.3. The highest BCUT2D eigenvalue weighted by molar-refractivity contribution is 6.30. The monoisotopic (exact) mass is 258 g/mol. The summed E-state index contributed by atoms with van der Waals surface area (Å²) >= 11 is 5.90. The first-order chi connectivity index (χ1) is 8.54. The average molecular weight is 259 g/mol. The van der Waals surface area contributed by atoms with Gasteiger partial charge in [-0.1, -0.05) is 11.6 Å². The lowest BCUT2D eigenvalue weighted by atomic mass is 10.1. The Morgan fingerprint density at radius 1 is 1.22 bits per heavy atom. The minimum absolute atomic E-state index is 0.134. The van der Waals surface area contributed by atoms with Gasteiger partial charge in [0.1, 0.15) is 11.6 Å². The van der Waals surface area contributed by atoms with Crippen molar-refractivity contribution < 1.29 is 0 Å². The quantitative estimate of drug-likeness (QED) is 0.789. The fourth-order valence-electron chi connectivity index (χ4n) is 1.88. The highest BCUT2D eigenvalue weighted by Gasteiger charge is 2.10. The predicted octanol–water partition coefficient (Wildman–Crippen LogP) is 2.98. The van der Waals surface area contributed by atoms with E-state index >= 15 is 0 Å². The smallest absolute Gasteiger partial charge is 0.273 e. The van der Waals surface area contributed by atoms with Crippen LogP contribution >= 0.6 is 11.6 Å². The second-order valence-electron chi connectivity index (χ2n) is 4.07. The fourth-order valence-corrected chi connectivity index (χ4v) is 2.11. The topological polar surface area (TPSA) is 45.8 Å². The second-order valence-corrected chi connectivity index (χ2v) is 4.51. The molecule has 2 rings (SSSR count). The van der Waals surface area contributed by atoms with Crippen molar-refractivity contribution in [2.75, 3.05) is 0 Å². The third-order valence-electron chi connectivity index (χ3n) is 2.80. The van der Waals surface area contributed by atoms with Gasteiger partial charge in [0, 0.05) is 10.7 Å². The molecule has 0 amide bonds. The van der Waals surface area contributed by atoms with Crippen LogP contribution in [-0.2, 0) is 0 Å². The molecule has 90 valence electrons. The summed E-state index contributed by atoms with van der Waals surface area (Å²) in [5.41, 5.74) is 2.25.